The van der Waals surface area contributed by atoms with E-state index in [2.05, 4.69) is 12.2 Å². The van der Waals surface area contributed by atoms with Crippen LogP contribution in [0.3, 0.4) is 0 Å². The fourth-order valence-corrected chi connectivity index (χ4v) is 5.19. The van der Waals surface area contributed by atoms with Crippen LogP contribution in [0.2, 0.25) is 5.02 Å². The van der Waals surface area contributed by atoms with Gasteiger partial charge in [0.1, 0.15) is 5.00 Å². The van der Waals surface area contributed by atoms with Crippen LogP contribution in [-0.2, 0) is 12.8 Å². The summed E-state index contributed by atoms with van der Waals surface area (Å²) in [5, 5.41) is 14.1. The number of hydrogen-bond acceptors (Lipinski definition) is 5. The average molecular weight is 422 g/mol. The molecule has 28 heavy (non-hydrogen) atoms. The second kappa shape index (κ2) is 8.28. The molecule has 148 valence electrons. The van der Waals surface area contributed by atoms with Gasteiger partial charge in [-0.25, -0.2) is 0 Å². The first-order valence-electron chi connectivity index (χ1n) is 9.01. The molecule has 0 saturated carbocycles. The molecule has 0 aliphatic heterocycles. The molecule has 0 fully saturated rings. The lowest BCUT2D eigenvalue weighted by Gasteiger charge is -2.21. The summed E-state index contributed by atoms with van der Waals surface area (Å²) >= 11 is 7.40. The Hall–Kier alpha value is -2.45. The van der Waals surface area contributed by atoms with E-state index in [0.29, 0.717) is 16.5 Å². The smallest absolute Gasteiger partial charge is 0.270 e. The van der Waals surface area contributed by atoms with Gasteiger partial charge in [-0.15, -0.1) is 11.3 Å². The lowest BCUT2D eigenvalue weighted by atomic mass is 9.84. The van der Waals surface area contributed by atoms with Gasteiger partial charge in [-0.05, 0) is 36.8 Å². The topological polar surface area (TPSA) is 115 Å². The molecule has 0 saturated heterocycles. The molecule has 2 aromatic rings. The number of nitrogens with zero attached hydrogens (tertiary/aromatic N) is 1. The molecule has 7 nitrogen and oxygen atoms in total. The van der Waals surface area contributed by atoms with Crippen molar-refractivity contribution in [1.29, 1.82) is 0 Å². The minimum absolute atomic E-state index is 0.0264. The monoisotopic (exact) mass is 421 g/mol. The molecule has 0 radical (unpaired) electrons. The summed E-state index contributed by atoms with van der Waals surface area (Å²) in [6.45, 7) is 2.15. The highest BCUT2D eigenvalue weighted by atomic mass is 35.5. The molecule has 9 heteroatoms. The maximum absolute atomic E-state index is 12.7. The van der Waals surface area contributed by atoms with Gasteiger partial charge in [-0.3, -0.25) is 19.7 Å². The number of nitrogens with one attached hydrogen (secondary N) is 1. The van der Waals surface area contributed by atoms with Crippen molar-refractivity contribution in [3.8, 4) is 0 Å². The molecule has 1 aromatic carbocycles. The summed E-state index contributed by atoms with van der Waals surface area (Å²) in [6.07, 6.45) is 4.82. The SMILES string of the molecule is CCCC1CCc2c(sc(NC(=O)c3cc([N+](=O)[O-])ccc3Cl)c2C(N)=O)C1. The van der Waals surface area contributed by atoms with Crippen LogP contribution in [0.15, 0.2) is 18.2 Å². The molecular formula is C19H20ClN3O4S. The number of halogens is 1. The van der Waals surface area contributed by atoms with Gasteiger partial charge in [0, 0.05) is 17.0 Å². The Kier molecular flexibility index (Phi) is 6.00. The number of nitro groups is 1. The van der Waals surface area contributed by atoms with Crippen LogP contribution in [0.5, 0.6) is 0 Å². The summed E-state index contributed by atoms with van der Waals surface area (Å²) in [5.41, 5.74) is 6.57. The molecule has 1 aliphatic carbocycles. The van der Waals surface area contributed by atoms with Gasteiger partial charge >= 0.3 is 0 Å². The van der Waals surface area contributed by atoms with Gasteiger partial charge in [-0.1, -0.05) is 31.4 Å². The maximum atomic E-state index is 12.7. The molecule has 0 bridgehead atoms. The van der Waals surface area contributed by atoms with Crippen molar-refractivity contribution in [2.75, 3.05) is 5.32 Å². The van der Waals surface area contributed by atoms with Gasteiger partial charge in [0.15, 0.2) is 0 Å². The largest absolute Gasteiger partial charge is 0.365 e. The average Bonchev–Trinajstić information content (AvgIpc) is 2.99. The van der Waals surface area contributed by atoms with Crippen LogP contribution in [0, 0.1) is 16.0 Å². The van der Waals surface area contributed by atoms with Crippen molar-refractivity contribution in [1.82, 2.24) is 0 Å². The Balaban J connectivity index is 1.93. The number of carbonyl (C=O) groups excluding carboxylic acids is 2. The van der Waals surface area contributed by atoms with E-state index in [0.717, 1.165) is 48.6 Å². The first-order chi connectivity index (χ1) is 13.3. The highest BCUT2D eigenvalue weighted by Crippen LogP contribution is 2.41. The van der Waals surface area contributed by atoms with E-state index in [1.54, 1.807) is 0 Å². The fraction of sp³-hybridized carbons (Fsp3) is 0.368. The first kappa shape index (κ1) is 20.3. The zero-order valence-electron chi connectivity index (χ0n) is 15.3. The van der Waals surface area contributed by atoms with Crippen molar-refractivity contribution in [2.24, 2.45) is 11.7 Å². The number of nitro benzene ring substituents is 1. The Morgan fingerprint density at radius 3 is 2.82 bits per heavy atom. The Bertz CT molecular complexity index is 957. The fourth-order valence-electron chi connectivity index (χ4n) is 3.63. The molecule has 1 aliphatic rings. The highest BCUT2D eigenvalue weighted by molar-refractivity contribution is 7.17. The normalized spacial score (nSPS) is 15.7. The number of non-ortho nitro benzene ring substituents is 1. The third-order valence-corrected chi connectivity index (χ3v) is 6.44. The van der Waals surface area contributed by atoms with Gasteiger partial charge < -0.3 is 11.1 Å². The molecular weight excluding hydrogens is 402 g/mol. The minimum Gasteiger partial charge on any atom is -0.365 e. The number of hydrogen-bond donors (Lipinski definition) is 2. The van der Waals surface area contributed by atoms with E-state index in [1.165, 1.54) is 23.5 Å². The van der Waals surface area contributed by atoms with Gasteiger partial charge in [0.05, 0.1) is 21.1 Å². The first-order valence-corrected chi connectivity index (χ1v) is 10.2. The number of anilines is 1. The van der Waals surface area contributed by atoms with E-state index >= 15 is 0 Å². The van der Waals surface area contributed by atoms with Crippen molar-refractivity contribution in [3.63, 3.8) is 0 Å². The summed E-state index contributed by atoms with van der Waals surface area (Å²) < 4.78 is 0. The standard InChI is InChI=1S/C19H20ClN3O4S/c1-2-3-10-4-6-12-15(8-10)28-19(16(12)17(21)24)22-18(25)13-9-11(23(26)27)5-7-14(13)20/h5,7,9-10H,2-4,6,8H2,1H3,(H2,21,24)(H,22,25). The lowest BCUT2D eigenvalue weighted by molar-refractivity contribution is -0.384. The van der Waals surface area contributed by atoms with Gasteiger partial charge in [-0.2, -0.15) is 0 Å². The zero-order chi connectivity index (χ0) is 20.4. The second-order valence-electron chi connectivity index (χ2n) is 6.85. The summed E-state index contributed by atoms with van der Waals surface area (Å²) in [7, 11) is 0. The van der Waals surface area contributed by atoms with Crippen molar-refractivity contribution < 1.29 is 14.5 Å². The Morgan fingerprint density at radius 1 is 1.43 bits per heavy atom. The van der Waals surface area contributed by atoms with Crippen LogP contribution in [-0.4, -0.2) is 16.7 Å². The minimum atomic E-state index is -0.611. The second-order valence-corrected chi connectivity index (χ2v) is 8.36. The van der Waals surface area contributed by atoms with Crippen LogP contribution in [0.1, 0.15) is 57.3 Å². The van der Waals surface area contributed by atoms with Crippen LogP contribution in [0.25, 0.3) is 0 Å². The molecule has 3 N–H and O–H groups in total. The number of carbonyl (C=O) groups is 2. The van der Waals surface area contributed by atoms with E-state index in [9.17, 15) is 19.7 Å². The maximum Gasteiger partial charge on any atom is 0.270 e. The third-order valence-electron chi connectivity index (χ3n) is 4.94. The van der Waals surface area contributed by atoms with Gasteiger partial charge in [0.25, 0.3) is 17.5 Å². The number of thiophene rings is 1. The predicted molar refractivity (Wildman–Crippen MR) is 109 cm³/mol. The Morgan fingerprint density at radius 2 is 2.18 bits per heavy atom. The number of nitrogens with two attached hydrogens (primary N) is 1. The van der Waals surface area contributed by atoms with Crippen LogP contribution >= 0.6 is 22.9 Å². The molecule has 0 spiro atoms. The van der Waals surface area contributed by atoms with E-state index in [1.807, 2.05) is 0 Å². The van der Waals surface area contributed by atoms with E-state index in [-0.39, 0.29) is 16.3 Å². The zero-order valence-corrected chi connectivity index (χ0v) is 16.9. The number of primary amides is 1. The highest BCUT2D eigenvalue weighted by Gasteiger charge is 2.29. The summed E-state index contributed by atoms with van der Waals surface area (Å²) in [4.78, 5) is 36.2. The van der Waals surface area contributed by atoms with Gasteiger partial charge in [0.2, 0.25) is 0 Å². The number of rotatable bonds is 6. The molecule has 1 unspecified atom stereocenters. The van der Waals surface area contributed by atoms with Crippen LogP contribution in [0.4, 0.5) is 10.7 Å². The summed E-state index contributed by atoms with van der Waals surface area (Å²) in [5.74, 6) is -0.640. The molecule has 1 heterocycles. The molecule has 2 amide bonds. The number of benzene rings is 1. The summed E-state index contributed by atoms with van der Waals surface area (Å²) in [6, 6.07) is 3.65. The quantitative estimate of drug-likeness (QED) is 0.525. The molecule has 3 rings (SSSR count). The van der Waals surface area contributed by atoms with E-state index < -0.39 is 16.7 Å². The predicted octanol–water partition coefficient (Wildman–Crippen LogP) is 4.57. The van der Waals surface area contributed by atoms with Crippen LogP contribution < -0.4 is 11.1 Å². The van der Waals surface area contributed by atoms with Crippen molar-refractivity contribution in [3.05, 3.63) is 54.9 Å². The number of fused-ring (bicyclic) bond motifs is 1. The van der Waals surface area contributed by atoms with E-state index in [4.69, 9.17) is 17.3 Å². The van der Waals surface area contributed by atoms with Crippen molar-refractivity contribution >= 4 is 45.4 Å². The lowest BCUT2D eigenvalue weighted by Crippen LogP contribution is -2.20. The Labute approximate surface area is 171 Å². The number of amides is 2. The third kappa shape index (κ3) is 4.02. The van der Waals surface area contributed by atoms with Crippen molar-refractivity contribution in [2.45, 2.75) is 39.0 Å². The molecule has 1 aromatic heterocycles. The molecule has 1 atom stereocenters.